The third-order valence-electron chi connectivity index (χ3n) is 2.23. The first-order valence-corrected chi connectivity index (χ1v) is 5.80. The van der Waals surface area contributed by atoms with Gasteiger partial charge in [0.25, 0.3) is 5.91 Å². The second-order valence-corrected chi connectivity index (χ2v) is 4.36. The zero-order chi connectivity index (χ0) is 14.0. The lowest BCUT2D eigenvalue weighted by Gasteiger charge is -2.08. The van der Waals surface area contributed by atoms with E-state index in [0.29, 0.717) is 6.07 Å². The van der Waals surface area contributed by atoms with E-state index in [0.717, 1.165) is 6.07 Å². The van der Waals surface area contributed by atoms with Crippen LogP contribution in [-0.4, -0.2) is 10.9 Å². The Morgan fingerprint density at radius 1 is 1.21 bits per heavy atom. The van der Waals surface area contributed by atoms with Crippen LogP contribution in [0.4, 0.5) is 14.5 Å². The van der Waals surface area contributed by atoms with E-state index in [9.17, 15) is 13.6 Å². The molecule has 1 N–H and O–H groups in total. The van der Waals surface area contributed by atoms with Gasteiger partial charge in [0, 0.05) is 12.3 Å². The van der Waals surface area contributed by atoms with E-state index < -0.39 is 17.5 Å². The molecule has 1 aromatic heterocycles. The van der Waals surface area contributed by atoms with E-state index in [1.54, 1.807) is 0 Å². The SMILES string of the molecule is O=C(Nc1c(F)cc(F)cc1Cl)c1ccc(Cl)nc1. The smallest absolute Gasteiger partial charge is 0.257 e. The number of pyridine rings is 1. The van der Waals surface area contributed by atoms with Crippen molar-refractivity contribution in [3.63, 3.8) is 0 Å². The van der Waals surface area contributed by atoms with Gasteiger partial charge in [-0.3, -0.25) is 4.79 Å². The van der Waals surface area contributed by atoms with Crippen LogP contribution in [0.2, 0.25) is 10.2 Å². The van der Waals surface area contributed by atoms with E-state index in [-0.39, 0.29) is 21.4 Å². The summed E-state index contributed by atoms with van der Waals surface area (Å²) in [7, 11) is 0. The molecule has 0 bridgehead atoms. The van der Waals surface area contributed by atoms with Gasteiger partial charge in [-0.15, -0.1) is 0 Å². The second kappa shape index (κ2) is 5.50. The highest BCUT2D eigenvalue weighted by molar-refractivity contribution is 6.34. The number of hydrogen-bond acceptors (Lipinski definition) is 2. The van der Waals surface area contributed by atoms with Gasteiger partial charge in [-0.1, -0.05) is 23.2 Å². The van der Waals surface area contributed by atoms with E-state index in [2.05, 4.69) is 10.3 Å². The van der Waals surface area contributed by atoms with Gasteiger partial charge >= 0.3 is 0 Å². The van der Waals surface area contributed by atoms with Gasteiger partial charge in [0.15, 0.2) is 5.82 Å². The minimum absolute atomic E-state index is 0.171. The monoisotopic (exact) mass is 302 g/mol. The molecule has 1 amide bonds. The standard InChI is InChI=1S/C12H6Cl2F2N2O/c13-8-3-7(15)4-9(16)11(8)18-12(19)6-1-2-10(14)17-5-6/h1-5H,(H,18,19). The van der Waals surface area contributed by atoms with Crippen molar-refractivity contribution in [2.75, 3.05) is 5.32 Å². The van der Waals surface area contributed by atoms with Crippen molar-refractivity contribution in [3.8, 4) is 0 Å². The fraction of sp³-hybridized carbons (Fsp3) is 0. The number of carbonyl (C=O) groups excluding carboxylic acids is 1. The van der Waals surface area contributed by atoms with Gasteiger partial charge < -0.3 is 5.32 Å². The average Bonchev–Trinajstić information content (AvgIpc) is 2.34. The van der Waals surface area contributed by atoms with Crippen molar-refractivity contribution in [1.29, 1.82) is 0 Å². The van der Waals surface area contributed by atoms with Crippen molar-refractivity contribution in [2.45, 2.75) is 0 Å². The molecule has 0 spiro atoms. The van der Waals surface area contributed by atoms with Crippen molar-refractivity contribution < 1.29 is 13.6 Å². The number of anilines is 1. The van der Waals surface area contributed by atoms with E-state index in [1.807, 2.05) is 0 Å². The van der Waals surface area contributed by atoms with E-state index >= 15 is 0 Å². The largest absolute Gasteiger partial charge is 0.318 e. The van der Waals surface area contributed by atoms with Gasteiger partial charge in [-0.2, -0.15) is 0 Å². The van der Waals surface area contributed by atoms with E-state index in [4.69, 9.17) is 23.2 Å². The van der Waals surface area contributed by atoms with Gasteiger partial charge in [-0.05, 0) is 18.2 Å². The molecule has 0 atom stereocenters. The quantitative estimate of drug-likeness (QED) is 0.854. The third kappa shape index (κ3) is 3.19. The number of hydrogen-bond donors (Lipinski definition) is 1. The molecule has 19 heavy (non-hydrogen) atoms. The van der Waals surface area contributed by atoms with Crippen LogP contribution in [-0.2, 0) is 0 Å². The van der Waals surface area contributed by atoms with Crippen LogP contribution in [0.3, 0.4) is 0 Å². The third-order valence-corrected chi connectivity index (χ3v) is 2.76. The first kappa shape index (κ1) is 13.7. The predicted octanol–water partition coefficient (Wildman–Crippen LogP) is 3.92. The maximum atomic E-state index is 13.5. The second-order valence-electron chi connectivity index (χ2n) is 3.57. The van der Waals surface area contributed by atoms with Gasteiger partial charge in [0.1, 0.15) is 11.0 Å². The first-order chi connectivity index (χ1) is 8.97. The number of halogens is 4. The molecule has 2 rings (SSSR count). The number of nitrogens with one attached hydrogen (secondary N) is 1. The first-order valence-electron chi connectivity index (χ1n) is 5.05. The lowest BCUT2D eigenvalue weighted by atomic mass is 10.2. The number of benzene rings is 1. The summed E-state index contributed by atoms with van der Waals surface area (Å²) >= 11 is 11.2. The molecule has 7 heteroatoms. The van der Waals surface area contributed by atoms with Crippen molar-refractivity contribution in [3.05, 3.63) is 57.8 Å². The molecule has 0 saturated carbocycles. The predicted molar refractivity (Wildman–Crippen MR) is 68.6 cm³/mol. The molecular weight excluding hydrogens is 297 g/mol. The molecule has 98 valence electrons. The van der Waals surface area contributed by atoms with Crippen LogP contribution in [0.25, 0.3) is 0 Å². The summed E-state index contributed by atoms with van der Waals surface area (Å²) in [6.45, 7) is 0. The molecule has 0 saturated heterocycles. The fourth-order valence-electron chi connectivity index (χ4n) is 1.36. The van der Waals surface area contributed by atoms with Crippen LogP contribution < -0.4 is 5.32 Å². The average molecular weight is 303 g/mol. The zero-order valence-electron chi connectivity index (χ0n) is 9.25. The number of amides is 1. The summed E-state index contributed by atoms with van der Waals surface area (Å²) in [6.07, 6.45) is 1.23. The highest BCUT2D eigenvalue weighted by Crippen LogP contribution is 2.26. The molecular formula is C12H6Cl2F2N2O. The van der Waals surface area contributed by atoms with Crippen LogP contribution in [0.5, 0.6) is 0 Å². The molecule has 0 unspecified atom stereocenters. The lowest BCUT2D eigenvalue weighted by Crippen LogP contribution is -2.13. The molecule has 0 aliphatic heterocycles. The van der Waals surface area contributed by atoms with Crippen molar-refractivity contribution >= 4 is 34.8 Å². The van der Waals surface area contributed by atoms with Crippen LogP contribution in [0, 0.1) is 11.6 Å². The minimum Gasteiger partial charge on any atom is -0.318 e. The Morgan fingerprint density at radius 3 is 2.53 bits per heavy atom. The maximum absolute atomic E-state index is 13.5. The summed E-state index contributed by atoms with van der Waals surface area (Å²) < 4.78 is 26.3. The van der Waals surface area contributed by atoms with Gasteiger partial charge in [0.05, 0.1) is 16.3 Å². The normalized spacial score (nSPS) is 10.3. The van der Waals surface area contributed by atoms with Gasteiger partial charge in [0.2, 0.25) is 0 Å². The number of aromatic nitrogens is 1. The molecule has 0 fully saturated rings. The molecule has 3 nitrogen and oxygen atoms in total. The number of rotatable bonds is 2. The minimum atomic E-state index is -0.958. The molecule has 0 aliphatic rings. The molecule has 1 heterocycles. The van der Waals surface area contributed by atoms with Crippen molar-refractivity contribution in [2.24, 2.45) is 0 Å². The summed E-state index contributed by atoms with van der Waals surface area (Å²) in [4.78, 5) is 15.5. The van der Waals surface area contributed by atoms with Crippen LogP contribution in [0.15, 0.2) is 30.5 Å². The Kier molecular flexibility index (Phi) is 3.97. The van der Waals surface area contributed by atoms with Crippen LogP contribution in [0.1, 0.15) is 10.4 Å². The highest BCUT2D eigenvalue weighted by atomic mass is 35.5. The Hall–Kier alpha value is -1.72. The van der Waals surface area contributed by atoms with Crippen molar-refractivity contribution in [1.82, 2.24) is 4.98 Å². The molecule has 2 aromatic rings. The maximum Gasteiger partial charge on any atom is 0.257 e. The highest BCUT2D eigenvalue weighted by Gasteiger charge is 2.14. The number of nitrogens with zero attached hydrogens (tertiary/aromatic N) is 1. The summed E-state index contributed by atoms with van der Waals surface area (Å²) in [5.41, 5.74) is -0.118. The molecule has 1 aromatic carbocycles. The van der Waals surface area contributed by atoms with E-state index in [1.165, 1.54) is 18.3 Å². The Morgan fingerprint density at radius 2 is 1.95 bits per heavy atom. The van der Waals surface area contributed by atoms with Crippen LogP contribution >= 0.6 is 23.2 Å². The molecule has 0 aliphatic carbocycles. The Balaban J connectivity index is 2.26. The summed E-state index contributed by atoms with van der Waals surface area (Å²) in [5.74, 6) is -2.41. The lowest BCUT2D eigenvalue weighted by molar-refractivity contribution is 0.102. The topological polar surface area (TPSA) is 42.0 Å². The Bertz CT molecular complexity index is 609. The van der Waals surface area contributed by atoms with Gasteiger partial charge in [-0.25, -0.2) is 13.8 Å². The molecule has 0 radical (unpaired) electrons. The fourth-order valence-corrected chi connectivity index (χ4v) is 1.71. The zero-order valence-corrected chi connectivity index (χ0v) is 10.8. The summed E-state index contributed by atoms with van der Waals surface area (Å²) in [5, 5.41) is 2.24. The summed E-state index contributed by atoms with van der Waals surface area (Å²) in [6, 6.07) is 4.36. The Labute approximate surface area is 117 Å². The number of carbonyl (C=O) groups is 1.